The predicted molar refractivity (Wildman–Crippen MR) is 98.6 cm³/mol. The fourth-order valence-corrected chi connectivity index (χ4v) is 3.30. The Bertz CT molecular complexity index is 1140. The largest absolute Gasteiger partial charge is 0.497 e. The lowest BCUT2D eigenvalue weighted by atomic mass is 9.89. The van der Waals surface area contributed by atoms with Gasteiger partial charge in [0.05, 0.1) is 12.7 Å². The molecule has 3 aromatic rings. The zero-order valence-electron chi connectivity index (χ0n) is 15.4. The van der Waals surface area contributed by atoms with Crippen LogP contribution in [0.1, 0.15) is 22.0 Å². The highest BCUT2D eigenvalue weighted by Crippen LogP contribution is 2.42. The van der Waals surface area contributed by atoms with Gasteiger partial charge in [0.2, 0.25) is 5.95 Å². The van der Waals surface area contributed by atoms with E-state index in [1.807, 2.05) is 0 Å². The molecule has 0 radical (unpaired) electrons. The summed E-state index contributed by atoms with van der Waals surface area (Å²) in [4.78, 5) is 17.1. The molecule has 0 bridgehead atoms. The van der Waals surface area contributed by atoms with E-state index in [2.05, 4.69) is 15.4 Å². The molecular formula is C20H14F4N4O2. The topological polar surface area (TPSA) is 69.0 Å². The molecule has 1 aliphatic heterocycles. The number of ketones is 1. The van der Waals surface area contributed by atoms with Gasteiger partial charge in [-0.25, -0.2) is 9.07 Å². The lowest BCUT2D eigenvalue weighted by Gasteiger charge is -2.30. The highest BCUT2D eigenvalue weighted by molar-refractivity contribution is 6.10. The number of carbonyl (C=O) groups is 1. The molecule has 2 heterocycles. The summed E-state index contributed by atoms with van der Waals surface area (Å²) in [5.74, 6) is -1.29. The van der Waals surface area contributed by atoms with E-state index in [-0.39, 0.29) is 11.5 Å². The van der Waals surface area contributed by atoms with Crippen molar-refractivity contribution in [2.24, 2.45) is 0 Å². The van der Waals surface area contributed by atoms with Crippen LogP contribution in [0.25, 0.3) is 0 Å². The van der Waals surface area contributed by atoms with Crippen molar-refractivity contribution in [3.05, 3.63) is 83.1 Å². The Morgan fingerprint density at radius 3 is 2.57 bits per heavy atom. The maximum Gasteiger partial charge on any atom is 0.431 e. The summed E-state index contributed by atoms with van der Waals surface area (Å²) >= 11 is 0. The number of allylic oxidation sites excluding steroid dienone is 2. The first-order chi connectivity index (χ1) is 14.3. The number of rotatable bonds is 4. The summed E-state index contributed by atoms with van der Waals surface area (Å²) in [5, 5.41) is 6.19. The number of halogens is 4. The second kappa shape index (κ2) is 7.29. The van der Waals surface area contributed by atoms with Crippen LogP contribution < -0.4 is 10.1 Å². The van der Waals surface area contributed by atoms with Gasteiger partial charge in [-0.15, -0.1) is 0 Å². The quantitative estimate of drug-likeness (QED) is 0.510. The maximum absolute atomic E-state index is 14.0. The standard InChI is InChI=1S/C20H14F4N4O2/c1-30-14-4-2-3-12(9-14)16-15(17(29)11-5-7-13(21)8-6-11)18(20(22,23)24)27-19-25-10-26-28(16)19/h2-10,16H,1H3,(H,25,26,27)/t16-/m0/s1. The number of benzene rings is 2. The van der Waals surface area contributed by atoms with Crippen LogP contribution in [-0.2, 0) is 0 Å². The lowest BCUT2D eigenvalue weighted by molar-refractivity contribution is -0.0918. The minimum absolute atomic E-state index is 0.0913. The van der Waals surface area contributed by atoms with Gasteiger partial charge >= 0.3 is 6.18 Å². The highest BCUT2D eigenvalue weighted by Gasteiger charge is 2.46. The van der Waals surface area contributed by atoms with Gasteiger partial charge in [0.25, 0.3) is 0 Å². The SMILES string of the molecule is COc1cccc([C@H]2C(C(=O)c3ccc(F)cc3)=C(C(F)(F)F)Nc3ncnn32)c1. The van der Waals surface area contributed by atoms with Gasteiger partial charge in [-0.2, -0.15) is 23.3 Å². The first kappa shape index (κ1) is 19.6. The van der Waals surface area contributed by atoms with E-state index in [0.717, 1.165) is 30.6 Å². The number of hydrogen-bond donors (Lipinski definition) is 1. The Morgan fingerprint density at radius 2 is 1.90 bits per heavy atom. The number of ether oxygens (including phenoxy) is 1. The molecule has 1 aromatic heterocycles. The first-order valence-electron chi connectivity index (χ1n) is 8.71. The molecule has 1 atom stereocenters. The molecule has 1 aliphatic rings. The molecule has 10 heteroatoms. The second-order valence-corrected chi connectivity index (χ2v) is 6.45. The van der Waals surface area contributed by atoms with E-state index in [1.54, 1.807) is 18.2 Å². The molecule has 1 N–H and O–H groups in total. The van der Waals surface area contributed by atoms with Gasteiger partial charge in [0.1, 0.15) is 29.6 Å². The van der Waals surface area contributed by atoms with E-state index in [9.17, 15) is 22.4 Å². The number of methoxy groups -OCH3 is 1. The van der Waals surface area contributed by atoms with E-state index < -0.39 is 35.1 Å². The minimum atomic E-state index is -4.88. The monoisotopic (exact) mass is 418 g/mol. The summed E-state index contributed by atoms with van der Waals surface area (Å²) < 4.78 is 61.5. The number of carbonyl (C=O) groups excluding carboxylic acids is 1. The van der Waals surface area contributed by atoms with Crippen molar-refractivity contribution in [3.63, 3.8) is 0 Å². The van der Waals surface area contributed by atoms with Gasteiger partial charge in [-0.3, -0.25) is 4.79 Å². The minimum Gasteiger partial charge on any atom is -0.497 e. The Morgan fingerprint density at radius 1 is 1.17 bits per heavy atom. The Hall–Kier alpha value is -3.69. The normalized spacial score (nSPS) is 16.1. The van der Waals surface area contributed by atoms with Gasteiger partial charge in [0, 0.05) is 5.56 Å². The molecule has 0 unspecified atom stereocenters. The molecule has 0 fully saturated rings. The maximum atomic E-state index is 14.0. The van der Waals surface area contributed by atoms with Crippen LogP contribution in [0.15, 0.2) is 66.1 Å². The van der Waals surface area contributed by atoms with Crippen molar-refractivity contribution in [3.8, 4) is 5.75 Å². The number of hydrogen-bond acceptors (Lipinski definition) is 5. The average Bonchev–Trinajstić information content (AvgIpc) is 3.20. The number of nitrogens with zero attached hydrogens (tertiary/aromatic N) is 3. The first-order valence-corrected chi connectivity index (χ1v) is 8.71. The molecule has 2 aromatic carbocycles. The van der Waals surface area contributed by atoms with E-state index in [0.29, 0.717) is 11.3 Å². The number of anilines is 1. The van der Waals surface area contributed by atoms with Gasteiger partial charge < -0.3 is 10.1 Å². The number of Topliss-reactive ketones (excluding diaryl/α,β-unsaturated/α-hetero) is 1. The molecule has 0 saturated carbocycles. The van der Waals surface area contributed by atoms with E-state index in [4.69, 9.17) is 4.74 Å². The van der Waals surface area contributed by atoms with Crippen molar-refractivity contribution in [2.75, 3.05) is 12.4 Å². The molecule has 0 spiro atoms. The van der Waals surface area contributed by atoms with Crippen LogP contribution in [0.2, 0.25) is 0 Å². The van der Waals surface area contributed by atoms with Crippen LogP contribution in [0.4, 0.5) is 23.5 Å². The third-order valence-electron chi connectivity index (χ3n) is 4.64. The van der Waals surface area contributed by atoms with Crippen LogP contribution in [0.5, 0.6) is 5.75 Å². The number of alkyl halides is 3. The molecule has 0 saturated heterocycles. The third-order valence-corrected chi connectivity index (χ3v) is 4.64. The molecule has 4 rings (SSSR count). The van der Waals surface area contributed by atoms with Crippen molar-refractivity contribution >= 4 is 11.7 Å². The van der Waals surface area contributed by atoms with Crippen molar-refractivity contribution in [1.82, 2.24) is 14.8 Å². The van der Waals surface area contributed by atoms with Crippen molar-refractivity contribution < 1.29 is 27.1 Å². The smallest absolute Gasteiger partial charge is 0.431 e. The molecule has 30 heavy (non-hydrogen) atoms. The summed E-state index contributed by atoms with van der Waals surface area (Å²) in [5.41, 5.74) is -1.58. The Kier molecular flexibility index (Phi) is 4.76. The fourth-order valence-electron chi connectivity index (χ4n) is 3.30. The summed E-state index contributed by atoms with van der Waals surface area (Å²) in [6.45, 7) is 0. The second-order valence-electron chi connectivity index (χ2n) is 6.45. The Balaban J connectivity index is 1.96. The van der Waals surface area contributed by atoms with Crippen LogP contribution in [0, 0.1) is 5.82 Å². The predicted octanol–water partition coefficient (Wildman–Crippen LogP) is 4.14. The molecule has 0 amide bonds. The zero-order chi connectivity index (χ0) is 21.5. The summed E-state index contributed by atoms with van der Waals surface area (Å²) in [7, 11) is 1.42. The molecule has 6 nitrogen and oxygen atoms in total. The number of nitrogens with one attached hydrogen (secondary N) is 1. The summed E-state index contributed by atoms with van der Waals surface area (Å²) in [6, 6.07) is 9.38. The fraction of sp³-hybridized carbons (Fsp3) is 0.150. The Labute approximate surface area is 167 Å². The average molecular weight is 418 g/mol. The summed E-state index contributed by atoms with van der Waals surface area (Å²) in [6.07, 6.45) is -3.78. The van der Waals surface area contributed by atoms with Crippen LogP contribution in [0.3, 0.4) is 0 Å². The van der Waals surface area contributed by atoms with Crippen molar-refractivity contribution in [2.45, 2.75) is 12.2 Å². The molecule has 154 valence electrons. The van der Waals surface area contributed by atoms with E-state index >= 15 is 0 Å². The van der Waals surface area contributed by atoms with Gasteiger partial charge in [-0.1, -0.05) is 12.1 Å². The zero-order valence-corrected chi connectivity index (χ0v) is 15.4. The van der Waals surface area contributed by atoms with Crippen molar-refractivity contribution in [1.29, 1.82) is 0 Å². The number of aromatic nitrogens is 3. The molecular weight excluding hydrogens is 404 g/mol. The van der Waals surface area contributed by atoms with Gasteiger partial charge in [-0.05, 0) is 42.0 Å². The van der Waals surface area contributed by atoms with Crippen LogP contribution >= 0.6 is 0 Å². The van der Waals surface area contributed by atoms with Crippen LogP contribution in [-0.4, -0.2) is 33.8 Å². The highest BCUT2D eigenvalue weighted by atomic mass is 19.4. The lowest BCUT2D eigenvalue weighted by Crippen LogP contribution is -2.35. The third kappa shape index (κ3) is 3.40. The van der Waals surface area contributed by atoms with Gasteiger partial charge in [0.15, 0.2) is 5.78 Å². The number of fused-ring (bicyclic) bond motifs is 1. The molecule has 0 aliphatic carbocycles. The van der Waals surface area contributed by atoms with E-state index in [1.165, 1.54) is 17.9 Å².